The van der Waals surface area contributed by atoms with Crippen molar-refractivity contribution < 1.29 is 9.18 Å². The van der Waals surface area contributed by atoms with E-state index in [-0.39, 0.29) is 17.2 Å². The van der Waals surface area contributed by atoms with Crippen molar-refractivity contribution in [1.82, 2.24) is 9.58 Å². The number of carbonyl (C=O) groups is 1. The van der Waals surface area contributed by atoms with Gasteiger partial charge in [-0.15, -0.1) is 0 Å². The molecule has 2 aromatic carbocycles. The summed E-state index contributed by atoms with van der Waals surface area (Å²) < 4.78 is 15.3. The molecule has 0 bridgehead atoms. The number of aryl methyl sites for hydroxylation is 2. The lowest BCUT2D eigenvalue weighted by atomic mass is 10.1. The third-order valence-electron chi connectivity index (χ3n) is 5.68. The number of hydrazone groups is 1. The van der Waals surface area contributed by atoms with E-state index in [1.54, 1.807) is 18.2 Å². The summed E-state index contributed by atoms with van der Waals surface area (Å²) in [4.78, 5) is 17.0. The van der Waals surface area contributed by atoms with E-state index in [2.05, 4.69) is 10.1 Å². The van der Waals surface area contributed by atoms with Crippen molar-refractivity contribution in [3.05, 3.63) is 94.1 Å². The van der Waals surface area contributed by atoms with Gasteiger partial charge in [-0.25, -0.2) is 4.39 Å². The Labute approximate surface area is 194 Å². The van der Waals surface area contributed by atoms with Crippen LogP contribution in [0.1, 0.15) is 28.1 Å². The number of aliphatic imine (C=N–C) groups is 1. The van der Waals surface area contributed by atoms with Gasteiger partial charge in [0.1, 0.15) is 10.9 Å². The smallest absolute Gasteiger partial charge is 0.283 e. The molecule has 0 spiro atoms. The van der Waals surface area contributed by atoms with Gasteiger partial charge < -0.3 is 4.57 Å². The van der Waals surface area contributed by atoms with Gasteiger partial charge in [0.25, 0.3) is 5.91 Å². The van der Waals surface area contributed by atoms with Crippen molar-refractivity contribution >= 4 is 39.8 Å². The SMILES string of the molecule is Cc1ccccc1C1=NN2C(=N)C(=Cc3cc(C)n(-c4ccc(F)cc4)c3C)C(=O)N=C2S1. The van der Waals surface area contributed by atoms with Crippen molar-refractivity contribution in [3.63, 3.8) is 0 Å². The van der Waals surface area contributed by atoms with E-state index in [0.717, 1.165) is 33.8 Å². The van der Waals surface area contributed by atoms with E-state index in [1.165, 1.54) is 28.9 Å². The monoisotopic (exact) mass is 457 g/mol. The number of hydrogen-bond donors (Lipinski definition) is 1. The van der Waals surface area contributed by atoms with Crippen molar-refractivity contribution in [3.8, 4) is 5.69 Å². The van der Waals surface area contributed by atoms with Crippen LogP contribution in [0.3, 0.4) is 0 Å². The minimum atomic E-state index is -0.466. The number of nitrogens with zero attached hydrogens (tertiary/aromatic N) is 4. The highest BCUT2D eigenvalue weighted by molar-refractivity contribution is 8.27. The molecule has 1 N–H and O–H groups in total. The standard InChI is InChI=1S/C25H20FN5OS/c1-14-6-4-5-7-20(14)24-29-31-22(27)21(23(32)28-25(31)33-24)13-17-12-15(2)30(16(17)3)19-10-8-18(26)9-11-19/h4-13,27H,1-3H3. The number of aromatic nitrogens is 1. The van der Waals surface area contributed by atoms with Gasteiger partial charge in [0, 0.05) is 22.6 Å². The maximum absolute atomic E-state index is 13.4. The highest BCUT2D eigenvalue weighted by Crippen LogP contribution is 2.32. The van der Waals surface area contributed by atoms with Crippen molar-refractivity contribution in [2.24, 2.45) is 10.1 Å². The lowest BCUT2D eigenvalue weighted by Gasteiger charge is -2.20. The first-order chi connectivity index (χ1) is 15.8. The van der Waals surface area contributed by atoms with Crippen LogP contribution in [0.25, 0.3) is 11.8 Å². The molecule has 0 fully saturated rings. The number of hydrogen-bond acceptors (Lipinski definition) is 4. The summed E-state index contributed by atoms with van der Waals surface area (Å²) >= 11 is 1.29. The summed E-state index contributed by atoms with van der Waals surface area (Å²) in [6, 6.07) is 16.0. The lowest BCUT2D eigenvalue weighted by Crippen LogP contribution is -2.35. The second-order valence-electron chi connectivity index (χ2n) is 7.88. The van der Waals surface area contributed by atoms with Gasteiger partial charge in [0.15, 0.2) is 5.84 Å². The van der Waals surface area contributed by atoms with Gasteiger partial charge in [-0.3, -0.25) is 10.2 Å². The fourth-order valence-electron chi connectivity index (χ4n) is 3.99. The average molecular weight is 458 g/mol. The van der Waals surface area contributed by atoms with Gasteiger partial charge in [-0.05, 0) is 80.1 Å². The molecule has 33 heavy (non-hydrogen) atoms. The van der Waals surface area contributed by atoms with E-state index in [4.69, 9.17) is 5.41 Å². The quantitative estimate of drug-likeness (QED) is 0.549. The molecule has 1 aromatic heterocycles. The number of nitrogens with one attached hydrogen (secondary N) is 1. The van der Waals surface area contributed by atoms with Crippen LogP contribution in [0.15, 0.2) is 70.3 Å². The van der Waals surface area contributed by atoms with E-state index < -0.39 is 5.91 Å². The number of fused-ring (bicyclic) bond motifs is 1. The summed E-state index contributed by atoms with van der Waals surface area (Å²) in [7, 11) is 0. The molecule has 0 atom stereocenters. The van der Waals surface area contributed by atoms with Crippen LogP contribution in [-0.4, -0.2) is 31.5 Å². The first-order valence-electron chi connectivity index (χ1n) is 10.3. The Morgan fingerprint density at radius 1 is 1.06 bits per heavy atom. The Bertz CT molecular complexity index is 1420. The Morgan fingerprint density at radius 3 is 2.52 bits per heavy atom. The molecule has 5 rings (SSSR count). The Kier molecular flexibility index (Phi) is 5.09. The summed E-state index contributed by atoms with van der Waals surface area (Å²) in [5, 5.41) is 15.7. The molecule has 0 saturated carbocycles. The minimum absolute atomic E-state index is 0.00679. The van der Waals surface area contributed by atoms with Crippen LogP contribution in [0.2, 0.25) is 0 Å². The second-order valence-corrected chi connectivity index (χ2v) is 8.83. The first kappa shape index (κ1) is 21.1. The number of halogens is 1. The van der Waals surface area contributed by atoms with Crippen LogP contribution in [-0.2, 0) is 4.79 Å². The zero-order valence-corrected chi connectivity index (χ0v) is 19.1. The number of benzene rings is 2. The van der Waals surface area contributed by atoms with Crippen LogP contribution in [0.5, 0.6) is 0 Å². The van der Waals surface area contributed by atoms with Gasteiger partial charge in [-0.1, -0.05) is 24.3 Å². The summed E-state index contributed by atoms with van der Waals surface area (Å²) in [5.74, 6) is -0.771. The molecule has 0 aliphatic carbocycles. The van der Waals surface area contributed by atoms with Gasteiger partial charge in [0.05, 0.1) is 5.57 Å². The first-order valence-corrected chi connectivity index (χ1v) is 11.2. The third-order valence-corrected chi connectivity index (χ3v) is 6.63. The van der Waals surface area contributed by atoms with Crippen molar-refractivity contribution in [2.75, 3.05) is 0 Å². The average Bonchev–Trinajstić information content (AvgIpc) is 3.33. The predicted molar refractivity (Wildman–Crippen MR) is 130 cm³/mol. The molecule has 8 heteroatoms. The van der Waals surface area contributed by atoms with E-state index >= 15 is 0 Å². The minimum Gasteiger partial charge on any atom is -0.318 e. The number of carbonyl (C=O) groups excluding carboxylic acids is 1. The Balaban J connectivity index is 1.52. The zero-order valence-electron chi connectivity index (χ0n) is 18.3. The topological polar surface area (TPSA) is 73.8 Å². The van der Waals surface area contributed by atoms with Crippen LogP contribution in [0, 0.1) is 32.0 Å². The highest BCUT2D eigenvalue weighted by atomic mass is 32.2. The molecular formula is C25H20FN5OS. The molecule has 164 valence electrons. The van der Waals surface area contributed by atoms with Crippen molar-refractivity contribution in [2.45, 2.75) is 20.8 Å². The molecule has 3 aromatic rings. The van der Waals surface area contributed by atoms with E-state index in [1.807, 2.05) is 55.7 Å². The fraction of sp³-hybridized carbons (Fsp3) is 0.120. The van der Waals surface area contributed by atoms with Gasteiger partial charge in [0.2, 0.25) is 5.17 Å². The molecule has 0 unspecified atom stereocenters. The highest BCUT2D eigenvalue weighted by Gasteiger charge is 2.36. The molecule has 1 amide bonds. The second kappa shape index (κ2) is 7.97. The van der Waals surface area contributed by atoms with Crippen LogP contribution in [0.4, 0.5) is 4.39 Å². The Morgan fingerprint density at radius 2 is 1.79 bits per heavy atom. The largest absolute Gasteiger partial charge is 0.318 e. The lowest BCUT2D eigenvalue weighted by molar-refractivity contribution is -0.114. The number of thioether (sulfide) groups is 1. The molecular weight excluding hydrogens is 437 g/mol. The maximum Gasteiger partial charge on any atom is 0.283 e. The maximum atomic E-state index is 13.4. The molecule has 2 aliphatic rings. The number of amidine groups is 2. The number of rotatable bonds is 3. The molecule has 0 radical (unpaired) electrons. The fourth-order valence-corrected chi connectivity index (χ4v) is 4.97. The van der Waals surface area contributed by atoms with Gasteiger partial charge in [-0.2, -0.15) is 15.1 Å². The molecule has 2 aliphatic heterocycles. The third kappa shape index (κ3) is 3.62. The van der Waals surface area contributed by atoms with Gasteiger partial charge >= 0.3 is 0 Å². The summed E-state index contributed by atoms with van der Waals surface area (Å²) in [5.41, 5.74) is 5.61. The number of amides is 1. The van der Waals surface area contributed by atoms with E-state index in [0.29, 0.717) is 10.2 Å². The predicted octanol–water partition coefficient (Wildman–Crippen LogP) is 5.21. The molecule has 0 saturated heterocycles. The Hall–Kier alpha value is -3.78. The zero-order chi connectivity index (χ0) is 23.3. The van der Waals surface area contributed by atoms with Crippen LogP contribution < -0.4 is 0 Å². The summed E-state index contributed by atoms with van der Waals surface area (Å²) in [6.45, 7) is 5.86. The normalized spacial score (nSPS) is 16.8. The van der Waals surface area contributed by atoms with Crippen LogP contribution >= 0.6 is 11.8 Å². The molecule has 3 heterocycles. The summed E-state index contributed by atoms with van der Waals surface area (Å²) in [6.07, 6.45) is 1.68. The molecule has 6 nitrogen and oxygen atoms in total. The van der Waals surface area contributed by atoms with E-state index in [9.17, 15) is 9.18 Å². The van der Waals surface area contributed by atoms with Crippen molar-refractivity contribution in [1.29, 1.82) is 5.41 Å².